The summed E-state index contributed by atoms with van der Waals surface area (Å²) < 4.78 is 1.98. The molecule has 0 radical (unpaired) electrons. The van der Waals surface area contributed by atoms with Crippen LogP contribution in [-0.4, -0.2) is 52.1 Å². The molecule has 1 saturated heterocycles. The smallest absolute Gasteiger partial charge is 0.0898 e. The Morgan fingerprint density at radius 1 is 1.56 bits per heavy atom. The fourth-order valence-electron chi connectivity index (χ4n) is 2.70. The van der Waals surface area contributed by atoms with Crippen LogP contribution in [0.3, 0.4) is 0 Å². The second-order valence-electron chi connectivity index (χ2n) is 5.31. The van der Waals surface area contributed by atoms with Crippen molar-refractivity contribution in [3.63, 3.8) is 0 Å². The summed E-state index contributed by atoms with van der Waals surface area (Å²) in [7, 11) is 2.07. The van der Waals surface area contributed by atoms with Crippen molar-refractivity contribution in [2.24, 2.45) is 0 Å². The van der Waals surface area contributed by atoms with Gasteiger partial charge in [-0.3, -0.25) is 4.68 Å². The third-order valence-electron chi connectivity index (χ3n) is 3.61. The first-order valence-electron chi connectivity index (χ1n) is 6.75. The summed E-state index contributed by atoms with van der Waals surface area (Å²) in [5.74, 6) is 0. The minimum Gasteiger partial charge on any atom is -0.387 e. The summed E-state index contributed by atoms with van der Waals surface area (Å²) in [5, 5.41) is 18.1. The first kappa shape index (κ1) is 13.5. The summed E-state index contributed by atoms with van der Waals surface area (Å²) in [6, 6.07) is 2.02. The number of likely N-dealkylation sites (tertiary alicyclic amines) is 1. The van der Waals surface area contributed by atoms with Crippen LogP contribution in [-0.2, 0) is 13.1 Å². The molecule has 1 aliphatic rings. The quantitative estimate of drug-likeness (QED) is 0.799. The van der Waals surface area contributed by atoms with E-state index in [0.717, 1.165) is 39.0 Å². The van der Waals surface area contributed by atoms with Gasteiger partial charge in [0, 0.05) is 32.4 Å². The maximum absolute atomic E-state index is 10.5. The van der Waals surface area contributed by atoms with Crippen molar-refractivity contribution in [3.8, 4) is 0 Å². The van der Waals surface area contributed by atoms with Crippen LogP contribution in [0.2, 0.25) is 0 Å². The van der Waals surface area contributed by atoms with E-state index >= 15 is 0 Å². The van der Waals surface area contributed by atoms with Crippen LogP contribution in [0, 0.1) is 0 Å². The fraction of sp³-hybridized carbons (Fsp3) is 0.769. The van der Waals surface area contributed by atoms with Crippen LogP contribution in [0.15, 0.2) is 12.3 Å². The average molecular weight is 252 g/mol. The first-order chi connectivity index (χ1) is 8.63. The van der Waals surface area contributed by atoms with Crippen molar-refractivity contribution in [1.29, 1.82) is 0 Å². The van der Waals surface area contributed by atoms with E-state index in [9.17, 15) is 5.11 Å². The molecule has 0 unspecified atom stereocenters. The Morgan fingerprint density at radius 2 is 2.39 bits per heavy atom. The molecular weight excluding hydrogens is 228 g/mol. The van der Waals surface area contributed by atoms with Crippen LogP contribution < -0.4 is 5.32 Å². The number of aryl methyl sites for hydroxylation is 1. The average Bonchev–Trinajstić information content (AvgIpc) is 2.76. The molecular formula is C13H24N4O. The molecule has 0 amide bonds. The second kappa shape index (κ2) is 5.82. The molecule has 2 N–H and O–H groups in total. The Labute approximate surface area is 109 Å². The van der Waals surface area contributed by atoms with Gasteiger partial charge >= 0.3 is 0 Å². The number of aliphatic hydroxyl groups is 1. The zero-order valence-corrected chi connectivity index (χ0v) is 11.4. The highest BCUT2D eigenvalue weighted by molar-refractivity contribution is 5.00. The zero-order valence-electron chi connectivity index (χ0n) is 11.4. The molecule has 0 aliphatic carbocycles. The van der Waals surface area contributed by atoms with Crippen molar-refractivity contribution in [3.05, 3.63) is 18.0 Å². The molecule has 1 fully saturated rings. The third-order valence-corrected chi connectivity index (χ3v) is 3.61. The number of β-amino-alcohol motifs (C(OH)–C–C–N with tert-alkyl or cyclic N) is 1. The minimum absolute atomic E-state index is 0.579. The highest BCUT2D eigenvalue weighted by Gasteiger charge is 2.31. The van der Waals surface area contributed by atoms with E-state index in [1.54, 1.807) is 0 Å². The van der Waals surface area contributed by atoms with E-state index in [-0.39, 0.29) is 0 Å². The van der Waals surface area contributed by atoms with Crippen LogP contribution >= 0.6 is 0 Å². The second-order valence-corrected chi connectivity index (χ2v) is 5.31. The van der Waals surface area contributed by atoms with E-state index in [1.807, 2.05) is 16.9 Å². The number of rotatable bonds is 5. The van der Waals surface area contributed by atoms with E-state index in [0.29, 0.717) is 6.54 Å². The van der Waals surface area contributed by atoms with Crippen molar-refractivity contribution in [2.45, 2.75) is 38.5 Å². The van der Waals surface area contributed by atoms with Crippen LogP contribution in [0.4, 0.5) is 0 Å². The lowest BCUT2D eigenvalue weighted by atomic mass is 9.93. The number of likely N-dealkylation sites (N-methyl/N-ethyl adjacent to an activating group) is 1. The molecule has 2 rings (SSSR count). The molecule has 18 heavy (non-hydrogen) atoms. The molecule has 0 aromatic carbocycles. The minimum atomic E-state index is -0.579. The number of hydrogen-bond acceptors (Lipinski definition) is 4. The van der Waals surface area contributed by atoms with Crippen molar-refractivity contribution < 1.29 is 5.11 Å². The molecule has 0 bridgehead atoms. The maximum Gasteiger partial charge on any atom is 0.0898 e. The topological polar surface area (TPSA) is 53.3 Å². The highest BCUT2D eigenvalue weighted by Crippen LogP contribution is 2.19. The van der Waals surface area contributed by atoms with Gasteiger partial charge in [-0.2, -0.15) is 5.10 Å². The summed E-state index contributed by atoms with van der Waals surface area (Å²) >= 11 is 0. The third kappa shape index (κ3) is 3.31. The van der Waals surface area contributed by atoms with Crippen LogP contribution in [0.25, 0.3) is 0 Å². The monoisotopic (exact) mass is 252 g/mol. The molecule has 5 nitrogen and oxygen atoms in total. The van der Waals surface area contributed by atoms with Gasteiger partial charge in [0.25, 0.3) is 0 Å². The highest BCUT2D eigenvalue weighted by atomic mass is 16.3. The summed E-state index contributed by atoms with van der Waals surface area (Å²) in [5.41, 5.74) is 0.592. The summed E-state index contributed by atoms with van der Waals surface area (Å²) in [6.45, 7) is 6.22. The van der Waals surface area contributed by atoms with E-state index in [1.165, 1.54) is 5.69 Å². The lowest BCUT2D eigenvalue weighted by Crippen LogP contribution is -2.52. The standard InChI is InChI=1S/C13H24N4O/c1-3-17-12(5-7-15-17)9-14-10-13(18)6-4-8-16(2)11-13/h5,7,14,18H,3-4,6,8-11H2,1-2H3/t13-/m0/s1. The van der Waals surface area contributed by atoms with E-state index in [2.05, 4.69) is 29.3 Å². The van der Waals surface area contributed by atoms with Crippen LogP contribution in [0.5, 0.6) is 0 Å². The molecule has 1 atom stereocenters. The summed E-state index contributed by atoms with van der Waals surface area (Å²) in [6.07, 6.45) is 3.78. The molecule has 1 aliphatic heterocycles. The molecule has 5 heteroatoms. The lowest BCUT2D eigenvalue weighted by molar-refractivity contribution is -0.0219. The van der Waals surface area contributed by atoms with Gasteiger partial charge in [0.05, 0.1) is 11.3 Å². The van der Waals surface area contributed by atoms with Crippen molar-refractivity contribution >= 4 is 0 Å². The largest absolute Gasteiger partial charge is 0.387 e. The normalized spacial score (nSPS) is 25.5. The number of hydrogen-bond donors (Lipinski definition) is 2. The Balaban J connectivity index is 1.81. The van der Waals surface area contributed by atoms with Crippen molar-refractivity contribution in [1.82, 2.24) is 20.0 Å². The van der Waals surface area contributed by atoms with Gasteiger partial charge in [0.2, 0.25) is 0 Å². The number of nitrogens with one attached hydrogen (secondary N) is 1. The van der Waals surface area contributed by atoms with E-state index < -0.39 is 5.60 Å². The predicted octanol–water partition coefficient (Wildman–Crippen LogP) is 0.449. The summed E-state index contributed by atoms with van der Waals surface area (Å²) in [4.78, 5) is 2.20. The maximum atomic E-state index is 10.5. The number of piperidine rings is 1. The first-order valence-corrected chi connectivity index (χ1v) is 6.75. The van der Waals surface area contributed by atoms with Gasteiger partial charge in [-0.15, -0.1) is 0 Å². The molecule has 1 aromatic rings. The Bertz CT molecular complexity index is 379. The predicted molar refractivity (Wildman–Crippen MR) is 71.3 cm³/mol. The molecule has 1 aromatic heterocycles. The van der Waals surface area contributed by atoms with Gasteiger partial charge in [-0.05, 0) is 39.4 Å². The zero-order chi connectivity index (χ0) is 13.0. The van der Waals surface area contributed by atoms with Gasteiger partial charge in [-0.25, -0.2) is 0 Å². The van der Waals surface area contributed by atoms with Crippen LogP contribution in [0.1, 0.15) is 25.5 Å². The van der Waals surface area contributed by atoms with Gasteiger partial charge in [0.1, 0.15) is 0 Å². The fourth-order valence-corrected chi connectivity index (χ4v) is 2.70. The van der Waals surface area contributed by atoms with Gasteiger partial charge in [0.15, 0.2) is 0 Å². The molecule has 0 saturated carbocycles. The Kier molecular flexibility index (Phi) is 4.37. The number of aromatic nitrogens is 2. The SMILES string of the molecule is CCn1nccc1CNC[C@@]1(O)CCCN(C)C1. The van der Waals surface area contributed by atoms with E-state index in [4.69, 9.17) is 0 Å². The van der Waals surface area contributed by atoms with Gasteiger partial charge in [-0.1, -0.05) is 0 Å². The molecule has 2 heterocycles. The molecule has 102 valence electrons. The van der Waals surface area contributed by atoms with Crippen molar-refractivity contribution in [2.75, 3.05) is 26.7 Å². The molecule has 0 spiro atoms. The number of nitrogens with zero attached hydrogens (tertiary/aromatic N) is 3. The Hall–Kier alpha value is -0.910. The lowest BCUT2D eigenvalue weighted by Gasteiger charge is -2.37. The Morgan fingerprint density at radius 3 is 3.11 bits per heavy atom. The van der Waals surface area contributed by atoms with Gasteiger partial charge < -0.3 is 15.3 Å².